The average molecular weight is 311 g/mol. The molecule has 0 unspecified atom stereocenters. The number of anilines is 2. The second kappa shape index (κ2) is 5.68. The molecule has 0 fully saturated rings. The molecule has 2 aliphatic rings. The number of amides is 2. The number of benzene rings is 1. The monoisotopic (exact) mass is 311 g/mol. The number of carbonyl (C=O) groups excluding carboxylic acids is 2. The summed E-state index contributed by atoms with van der Waals surface area (Å²) in [6.45, 7) is 1.47. The van der Waals surface area contributed by atoms with Gasteiger partial charge in [0.2, 0.25) is 11.8 Å². The number of carbonyl (C=O) groups is 2. The van der Waals surface area contributed by atoms with Crippen molar-refractivity contribution in [3.05, 3.63) is 35.5 Å². The fraction of sp³-hybridized carbons (Fsp3) is 0.250. The van der Waals surface area contributed by atoms with Crippen molar-refractivity contribution >= 4 is 34.9 Å². The quantitative estimate of drug-likeness (QED) is 0.881. The van der Waals surface area contributed by atoms with Crippen LogP contribution in [0.25, 0.3) is 0 Å². The number of nitrogens with one attached hydrogen (secondary N) is 2. The van der Waals surface area contributed by atoms with Gasteiger partial charge in [-0.1, -0.05) is 0 Å². The molecule has 0 saturated heterocycles. The number of amidine groups is 2. The van der Waals surface area contributed by atoms with E-state index in [-0.39, 0.29) is 11.8 Å². The Hall–Kier alpha value is -2.96. The summed E-state index contributed by atoms with van der Waals surface area (Å²) in [5.41, 5.74) is 3.11. The molecule has 7 nitrogen and oxygen atoms in total. The standard InChI is InChI=1S/C16H17N5O2/c1-9(22)17-10-4-5-11(13(8-10)21(2)3)15-18-12-6-7-14(23)19-16(12)20-15/h4-6,8H,7H2,1-3H3,(H,17,22)(H,18,19,20,23). The second-order valence-corrected chi connectivity index (χ2v) is 5.55. The normalized spacial score (nSPS) is 16.0. The lowest BCUT2D eigenvalue weighted by atomic mass is 10.1. The maximum atomic E-state index is 11.4. The first-order chi connectivity index (χ1) is 10.9. The Balaban J connectivity index is 2.00. The summed E-state index contributed by atoms with van der Waals surface area (Å²) in [4.78, 5) is 33.5. The molecule has 3 rings (SSSR count). The third kappa shape index (κ3) is 2.98. The lowest BCUT2D eigenvalue weighted by Gasteiger charge is -2.18. The minimum atomic E-state index is -0.125. The van der Waals surface area contributed by atoms with Crippen molar-refractivity contribution < 1.29 is 9.59 Å². The fourth-order valence-electron chi connectivity index (χ4n) is 2.45. The minimum absolute atomic E-state index is 0.0854. The Morgan fingerprint density at radius 2 is 2.09 bits per heavy atom. The number of hydrogen-bond donors (Lipinski definition) is 2. The molecule has 23 heavy (non-hydrogen) atoms. The summed E-state index contributed by atoms with van der Waals surface area (Å²) in [5.74, 6) is 0.830. The smallest absolute Gasteiger partial charge is 0.229 e. The predicted molar refractivity (Wildman–Crippen MR) is 89.9 cm³/mol. The van der Waals surface area contributed by atoms with E-state index in [2.05, 4.69) is 20.6 Å². The minimum Gasteiger partial charge on any atom is -0.377 e. The Bertz CT molecular complexity index is 790. The molecular formula is C16H17N5O2. The Morgan fingerprint density at radius 3 is 2.78 bits per heavy atom. The lowest BCUT2D eigenvalue weighted by Crippen LogP contribution is -2.33. The fourth-order valence-corrected chi connectivity index (χ4v) is 2.45. The maximum absolute atomic E-state index is 11.4. The van der Waals surface area contributed by atoms with Crippen molar-refractivity contribution in [2.24, 2.45) is 9.98 Å². The molecular weight excluding hydrogens is 294 g/mol. The molecule has 0 bridgehead atoms. The molecule has 0 atom stereocenters. The molecule has 0 radical (unpaired) electrons. The van der Waals surface area contributed by atoms with E-state index in [1.54, 1.807) is 12.1 Å². The number of aliphatic imine (C=N–C) groups is 2. The van der Waals surface area contributed by atoms with E-state index in [4.69, 9.17) is 0 Å². The number of nitrogens with zero attached hydrogens (tertiary/aromatic N) is 3. The van der Waals surface area contributed by atoms with Gasteiger partial charge in [0.25, 0.3) is 0 Å². The van der Waals surface area contributed by atoms with Crippen LogP contribution in [-0.4, -0.2) is 37.6 Å². The first-order valence-electron chi connectivity index (χ1n) is 7.21. The third-order valence-electron chi connectivity index (χ3n) is 3.47. The van der Waals surface area contributed by atoms with Gasteiger partial charge in [0, 0.05) is 44.4 Å². The summed E-state index contributed by atoms with van der Waals surface area (Å²) in [6, 6.07) is 5.54. The predicted octanol–water partition coefficient (Wildman–Crippen LogP) is 1.27. The molecule has 0 aromatic heterocycles. The molecule has 0 spiro atoms. The number of rotatable bonds is 3. The zero-order valence-corrected chi connectivity index (χ0v) is 13.2. The van der Waals surface area contributed by atoms with E-state index in [0.29, 0.717) is 29.5 Å². The van der Waals surface area contributed by atoms with Crippen LogP contribution in [0, 0.1) is 0 Å². The third-order valence-corrected chi connectivity index (χ3v) is 3.47. The number of fused-ring (bicyclic) bond motifs is 1. The van der Waals surface area contributed by atoms with Crippen LogP contribution >= 0.6 is 0 Å². The van der Waals surface area contributed by atoms with Crippen molar-refractivity contribution in [2.75, 3.05) is 24.3 Å². The highest BCUT2D eigenvalue weighted by molar-refractivity contribution is 6.23. The summed E-state index contributed by atoms with van der Waals surface area (Å²) < 4.78 is 0. The molecule has 0 saturated carbocycles. The van der Waals surface area contributed by atoms with Gasteiger partial charge in [-0.05, 0) is 24.3 Å². The summed E-state index contributed by atoms with van der Waals surface area (Å²) in [6.07, 6.45) is 2.08. The van der Waals surface area contributed by atoms with E-state index in [1.807, 2.05) is 31.1 Å². The van der Waals surface area contributed by atoms with Gasteiger partial charge in [0.15, 0.2) is 11.7 Å². The zero-order valence-electron chi connectivity index (χ0n) is 13.2. The Kier molecular flexibility index (Phi) is 3.69. The first kappa shape index (κ1) is 15.0. The highest BCUT2D eigenvalue weighted by Crippen LogP contribution is 2.27. The van der Waals surface area contributed by atoms with Gasteiger partial charge in [0.1, 0.15) is 5.70 Å². The molecule has 1 aromatic carbocycles. The lowest BCUT2D eigenvalue weighted by molar-refractivity contribution is -0.119. The van der Waals surface area contributed by atoms with Crippen LogP contribution in [0.3, 0.4) is 0 Å². The average Bonchev–Trinajstić information content (AvgIpc) is 2.89. The molecule has 2 N–H and O–H groups in total. The molecule has 7 heteroatoms. The van der Waals surface area contributed by atoms with Crippen LogP contribution in [0.2, 0.25) is 0 Å². The van der Waals surface area contributed by atoms with Crippen LogP contribution in [0.15, 0.2) is 40.0 Å². The van der Waals surface area contributed by atoms with Crippen LogP contribution in [0.4, 0.5) is 11.4 Å². The topological polar surface area (TPSA) is 86.2 Å². The summed E-state index contributed by atoms with van der Waals surface area (Å²) in [5, 5.41) is 5.49. The van der Waals surface area contributed by atoms with Gasteiger partial charge in [-0.15, -0.1) is 0 Å². The van der Waals surface area contributed by atoms with E-state index >= 15 is 0 Å². The molecule has 2 amide bonds. The van der Waals surface area contributed by atoms with Crippen molar-refractivity contribution in [2.45, 2.75) is 13.3 Å². The van der Waals surface area contributed by atoms with Gasteiger partial charge in [-0.2, -0.15) is 0 Å². The summed E-state index contributed by atoms with van der Waals surface area (Å²) in [7, 11) is 3.82. The Labute approximate surface area is 133 Å². The molecule has 2 aliphatic heterocycles. The maximum Gasteiger partial charge on any atom is 0.229 e. The van der Waals surface area contributed by atoms with Gasteiger partial charge < -0.3 is 15.5 Å². The second-order valence-electron chi connectivity index (χ2n) is 5.55. The SMILES string of the molecule is CC(=O)Nc1ccc(C2=NC3=CCC(=O)NC3=N2)c(N(C)C)c1. The van der Waals surface area contributed by atoms with E-state index < -0.39 is 0 Å². The summed E-state index contributed by atoms with van der Waals surface area (Å²) >= 11 is 0. The zero-order chi connectivity index (χ0) is 16.6. The largest absolute Gasteiger partial charge is 0.377 e. The molecule has 2 heterocycles. The highest BCUT2D eigenvalue weighted by atomic mass is 16.2. The van der Waals surface area contributed by atoms with Crippen LogP contribution in [-0.2, 0) is 9.59 Å². The van der Waals surface area contributed by atoms with Gasteiger partial charge in [0.05, 0.1) is 0 Å². The molecule has 1 aromatic rings. The van der Waals surface area contributed by atoms with Crippen LogP contribution in [0.5, 0.6) is 0 Å². The van der Waals surface area contributed by atoms with E-state index in [1.165, 1.54) is 6.92 Å². The van der Waals surface area contributed by atoms with Gasteiger partial charge in [-0.25, -0.2) is 9.98 Å². The van der Waals surface area contributed by atoms with Crippen molar-refractivity contribution in [3.8, 4) is 0 Å². The first-order valence-corrected chi connectivity index (χ1v) is 7.21. The van der Waals surface area contributed by atoms with Crippen molar-refractivity contribution in [1.82, 2.24) is 5.32 Å². The van der Waals surface area contributed by atoms with Crippen molar-refractivity contribution in [3.63, 3.8) is 0 Å². The van der Waals surface area contributed by atoms with Gasteiger partial charge in [-0.3, -0.25) is 9.59 Å². The van der Waals surface area contributed by atoms with E-state index in [0.717, 1.165) is 11.3 Å². The van der Waals surface area contributed by atoms with E-state index in [9.17, 15) is 9.59 Å². The highest BCUT2D eigenvalue weighted by Gasteiger charge is 2.24. The number of hydrogen-bond acceptors (Lipinski definition) is 5. The van der Waals surface area contributed by atoms with Crippen LogP contribution in [0.1, 0.15) is 18.9 Å². The Morgan fingerprint density at radius 1 is 1.30 bits per heavy atom. The molecule has 118 valence electrons. The van der Waals surface area contributed by atoms with Crippen LogP contribution < -0.4 is 15.5 Å². The molecule has 0 aliphatic carbocycles. The van der Waals surface area contributed by atoms with Gasteiger partial charge >= 0.3 is 0 Å². The van der Waals surface area contributed by atoms with Crippen molar-refractivity contribution in [1.29, 1.82) is 0 Å².